The lowest BCUT2D eigenvalue weighted by Crippen LogP contribution is -2.46. The number of likely N-dealkylation sites (tertiary alicyclic amines) is 1. The van der Waals surface area contributed by atoms with Crippen LogP contribution in [0.5, 0.6) is 11.5 Å². The van der Waals surface area contributed by atoms with Crippen molar-refractivity contribution >= 4 is 15.9 Å². The summed E-state index contributed by atoms with van der Waals surface area (Å²) in [6.45, 7) is 2.38. The molecule has 5 rings (SSSR count). The largest absolute Gasteiger partial charge is 0.490 e. The monoisotopic (exact) mass is 488 g/mol. The van der Waals surface area contributed by atoms with Gasteiger partial charge in [-0.05, 0) is 67.6 Å². The molecule has 0 unspecified atom stereocenters. The summed E-state index contributed by atoms with van der Waals surface area (Å²) in [4.78, 5) is 15.5. The van der Waals surface area contributed by atoms with Crippen molar-refractivity contribution in [1.82, 2.24) is 9.21 Å². The van der Waals surface area contributed by atoms with E-state index in [2.05, 4.69) is 0 Å². The van der Waals surface area contributed by atoms with Crippen LogP contribution in [0, 0.1) is 11.7 Å². The smallest absolute Gasteiger partial charge is 0.243 e. The van der Waals surface area contributed by atoms with E-state index in [1.165, 1.54) is 16.4 Å². The molecule has 2 aromatic rings. The fraction of sp³-hybridized carbons (Fsp3) is 0.480. The standard InChI is InChI=1S/C25H29FN2O5S/c26-20-7-9-21(10-8-20)34(30,31)27-12-1-4-19(17-27)25(29)28-13-2-5-22(28)18-6-11-23-24(16-18)33-15-3-14-32-23/h6-11,16,19,22H,1-5,12-15,17H2/t19-,22+/m0/s1. The Balaban J connectivity index is 1.32. The average Bonchev–Trinajstić information content (AvgIpc) is 3.22. The molecule has 3 heterocycles. The maximum absolute atomic E-state index is 13.6. The summed E-state index contributed by atoms with van der Waals surface area (Å²) in [6, 6.07) is 10.7. The number of halogens is 1. The molecule has 7 nitrogen and oxygen atoms in total. The zero-order valence-corrected chi connectivity index (χ0v) is 19.8. The summed E-state index contributed by atoms with van der Waals surface area (Å²) in [5, 5.41) is 0. The van der Waals surface area contributed by atoms with Crippen LogP contribution >= 0.6 is 0 Å². The van der Waals surface area contributed by atoms with E-state index < -0.39 is 21.8 Å². The third-order valence-electron chi connectivity index (χ3n) is 6.88. The Morgan fingerprint density at radius 3 is 2.44 bits per heavy atom. The number of sulfonamides is 1. The quantitative estimate of drug-likeness (QED) is 0.655. The molecule has 2 saturated heterocycles. The summed E-state index contributed by atoms with van der Waals surface area (Å²) in [7, 11) is -3.78. The van der Waals surface area contributed by atoms with E-state index in [9.17, 15) is 17.6 Å². The Hall–Kier alpha value is -2.65. The van der Waals surface area contributed by atoms with Crippen LogP contribution in [0.4, 0.5) is 4.39 Å². The molecule has 0 N–H and O–H groups in total. The van der Waals surface area contributed by atoms with Crippen molar-refractivity contribution in [3.8, 4) is 11.5 Å². The number of rotatable bonds is 4. The van der Waals surface area contributed by atoms with Crippen molar-refractivity contribution in [3.05, 3.63) is 53.8 Å². The highest BCUT2D eigenvalue weighted by Crippen LogP contribution is 2.39. The predicted octanol–water partition coefficient (Wildman–Crippen LogP) is 3.75. The van der Waals surface area contributed by atoms with Gasteiger partial charge in [-0.25, -0.2) is 12.8 Å². The van der Waals surface area contributed by atoms with Crippen LogP contribution in [-0.4, -0.2) is 56.4 Å². The van der Waals surface area contributed by atoms with Crippen LogP contribution in [-0.2, 0) is 14.8 Å². The molecule has 0 saturated carbocycles. The van der Waals surface area contributed by atoms with E-state index in [1.54, 1.807) is 0 Å². The van der Waals surface area contributed by atoms with Gasteiger partial charge in [-0.3, -0.25) is 4.79 Å². The van der Waals surface area contributed by atoms with Gasteiger partial charge in [0.05, 0.1) is 30.1 Å². The van der Waals surface area contributed by atoms with Gasteiger partial charge in [0, 0.05) is 26.1 Å². The normalized spacial score (nSPS) is 23.5. The minimum Gasteiger partial charge on any atom is -0.490 e. The van der Waals surface area contributed by atoms with Crippen LogP contribution in [0.15, 0.2) is 47.4 Å². The molecule has 2 fully saturated rings. The second-order valence-corrected chi connectivity index (χ2v) is 11.0. The number of fused-ring (bicyclic) bond motifs is 1. The second-order valence-electron chi connectivity index (χ2n) is 9.10. The summed E-state index contributed by atoms with van der Waals surface area (Å²) >= 11 is 0. The first-order valence-corrected chi connectivity index (χ1v) is 13.3. The van der Waals surface area contributed by atoms with Gasteiger partial charge in [0.15, 0.2) is 11.5 Å². The summed E-state index contributed by atoms with van der Waals surface area (Å²) < 4.78 is 52.4. The third kappa shape index (κ3) is 4.51. The van der Waals surface area contributed by atoms with Gasteiger partial charge in [-0.1, -0.05) is 6.07 Å². The van der Waals surface area contributed by atoms with E-state index in [0.29, 0.717) is 44.9 Å². The molecule has 2 atom stereocenters. The van der Waals surface area contributed by atoms with Crippen molar-refractivity contribution in [2.45, 2.75) is 43.0 Å². The number of piperidine rings is 1. The SMILES string of the molecule is O=C([C@H]1CCCN(S(=O)(=O)c2ccc(F)cc2)C1)N1CCC[C@@H]1c1ccc2c(c1)OCCCO2. The minimum absolute atomic E-state index is 0.00591. The average molecular weight is 489 g/mol. The van der Waals surface area contributed by atoms with Gasteiger partial charge in [-0.2, -0.15) is 4.31 Å². The Kier molecular flexibility index (Phi) is 6.48. The fourth-order valence-electron chi connectivity index (χ4n) is 5.12. The van der Waals surface area contributed by atoms with Gasteiger partial charge in [-0.15, -0.1) is 0 Å². The lowest BCUT2D eigenvalue weighted by atomic mass is 9.96. The first kappa shape index (κ1) is 23.1. The highest BCUT2D eigenvalue weighted by Gasteiger charge is 2.39. The first-order valence-electron chi connectivity index (χ1n) is 11.9. The highest BCUT2D eigenvalue weighted by atomic mass is 32.2. The van der Waals surface area contributed by atoms with Crippen molar-refractivity contribution in [2.24, 2.45) is 5.92 Å². The van der Waals surface area contributed by atoms with Crippen LogP contribution in [0.25, 0.3) is 0 Å². The number of hydrogen-bond acceptors (Lipinski definition) is 5. The number of nitrogens with zero attached hydrogens (tertiary/aromatic N) is 2. The molecule has 0 aliphatic carbocycles. The van der Waals surface area contributed by atoms with Gasteiger partial charge in [0.1, 0.15) is 5.82 Å². The second kappa shape index (κ2) is 9.54. The number of ether oxygens (including phenoxy) is 2. The summed E-state index contributed by atoms with van der Waals surface area (Å²) in [6.07, 6.45) is 3.85. The van der Waals surface area contributed by atoms with Gasteiger partial charge < -0.3 is 14.4 Å². The lowest BCUT2D eigenvalue weighted by Gasteiger charge is -2.35. The zero-order chi connectivity index (χ0) is 23.7. The zero-order valence-electron chi connectivity index (χ0n) is 19.0. The van der Waals surface area contributed by atoms with Gasteiger partial charge >= 0.3 is 0 Å². The van der Waals surface area contributed by atoms with Crippen molar-refractivity contribution in [2.75, 3.05) is 32.8 Å². The molecule has 3 aliphatic heterocycles. The number of carbonyl (C=O) groups is 1. The minimum atomic E-state index is -3.78. The Morgan fingerprint density at radius 2 is 1.65 bits per heavy atom. The fourth-order valence-corrected chi connectivity index (χ4v) is 6.64. The molecule has 9 heteroatoms. The van der Waals surface area contributed by atoms with Crippen LogP contribution in [0.3, 0.4) is 0 Å². The van der Waals surface area contributed by atoms with Gasteiger partial charge in [0.2, 0.25) is 15.9 Å². The molecular weight excluding hydrogens is 459 g/mol. The molecule has 0 aromatic heterocycles. The molecule has 2 aromatic carbocycles. The maximum Gasteiger partial charge on any atom is 0.243 e. The number of hydrogen-bond donors (Lipinski definition) is 0. The lowest BCUT2D eigenvalue weighted by molar-refractivity contribution is -0.137. The van der Waals surface area contributed by atoms with E-state index in [4.69, 9.17) is 9.47 Å². The maximum atomic E-state index is 13.6. The van der Waals surface area contributed by atoms with E-state index in [-0.39, 0.29) is 23.4 Å². The van der Waals surface area contributed by atoms with Crippen molar-refractivity contribution < 1.29 is 27.1 Å². The van der Waals surface area contributed by atoms with Gasteiger partial charge in [0.25, 0.3) is 0 Å². The molecule has 0 bridgehead atoms. The number of amides is 1. The molecule has 34 heavy (non-hydrogen) atoms. The van der Waals surface area contributed by atoms with Crippen LogP contribution in [0.2, 0.25) is 0 Å². The van der Waals surface area contributed by atoms with E-state index in [0.717, 1.165) is 42.7 Å². The summed E-state index contributed by atoms with van der Waals surface area (Å²) in [5.41, 5.74) is 1.02. The van der Waals surface area contributed by atoms with E-state index >= 15 is 0 Å². The molecule has 3 aliphatic rings. The van der Waals surface area contributed by atoms with E-state index in [1.807, 2.05) is 23.1 Å². The first-order chi connectivity index (χ1) is 16.4. The number of carbonyl (C=O) groups excluding carboxylic acids is 1. The van der Waals surface area contributed by atoms with Crippen molar-refractivity contribution in [1.29, 1.82) is 0 Å². The topological polar surface area (TPSA) is 76.2 Å². The highest BCUT2D eigenvalue weighted by molar-refractivity contribution is 7.89. The summed E-state index contributed by atoms with van der Waals surface area (Å²) in [5.74, 6) is 0.550. The van der Waals surface area contributed by atoms with Crippen molar-refractivity contribution in [3.63, 3.8) is 0 Å². The Bertz CT molecular complexity index is 1150. The van der Waals surface area contributed by atoms with Crippen LogP contribution in [0.1, 0.15) is 43.7 Å². The third-order valence-corrected chi connectivity index (χ3v) is 8.76. The Labute approximate surface area is 199 Å². The molecule has 1 amide bonds. The molecule has 182 valence electrons. The molecule has 0 radical (unpaired) electrons. The number of benzene rings is 2. The van der Waals surface area contributed by atoms with Crippen LogP contribution < -0.4 is 9.47 Å². The molecular formula is C25H29FN2O5S. The Morgan fingerprint density at radius 1 is 0.912 bits per heavy atom. The predicted molar refractivity (Wildman–Crippen MR) is 124 cm³/mol. The molecule has 0 spiro atoms.